The minimum atomic E-state index is -0.790. The van der Waals surface area contributed by atoms with E-state index in [-0.39, 0.29) is 30.2 Å². The third kappa shape index (κ3) is 2.57. The Labute approximate surface area is 162 Å². The normalized spacial score (nSPS) is 24.1. The Morgan fingerprint density at radius 1 is 1.43 bits per heavy atom. The fraction of sp³-hybridized carbons (Fsp3) is 0.381. The van der Waals surface area contributed by atoms with Gasteiger partial charge in [-0.05, 0) is 36.1 Å². The number of hydrogen-bond donors (Lipinski definition) is 1. The summed E-state index contributed by atoms with van der Waals surface area (Å²) in [5, 5.41) is 9.96. The molecule has 1 aromatic rings. The number of esters is 1. The minimum absolute atomic E-state index is 0.0198. The third-order valence-corrected chi connectivity index (χ3v) is 5.77. The highest BCUT2D eigenvalue weighted by Crippen LogP contribution is 2.48. The molecule has 1 N–H and O–H groups in total. The van der Waals surface area contributed by atoms with E-state index in [1.54, 1.807) is 18.9 Å². The average molecular weight is 382 g/mol. The number of benzene rings is 1. The number of rotatable bonds is 5. The van der Waals surface area contributed by atoms with Crippen LogP contribution in [0.2, 0.25) is 0 Å². The van der Waals surface area contributed by atoms with Gasteiger partial charge in [0.2, 0.25) is 11.8 Å². The fourth-order valence-corrected chi connectivity index (χ4v) is 4.35. The zero-order valence-electron chi connectivity index (χ0n) is 15.8. The second-order valence-electron chi connectivity index (χ2n) is 7.43. The van der Waals surface area contributed by atoms with Crippen LogP contribution in [0.3, 0.4) is 0 Å². The van der Waals surface area contributed by atoms with Gasteiger partial charge >= 0.3 is 5.97 Å². The van der Waals surface area contributed by atoms with Gasteiger partial charge in [-0.2, -0.15) is 0 Å². The van der Waals surface area contributed by atoms with E-state index < -0.39 is 18.0 Å². The molecule has 0 spiro atoms. The number of β-lactam (4-membered cyclic amide) rings is 1. The van der Waals surface area contributed by atoms with E-state index in [0.717, 1.165) is 16.8 Å². The van der Waals surface area contributed by atoms with Crippen LogP contribution in [0.25, 0.3) is 5.57 Å². The van der Waals surface area contributed by atoms with Gasteiger partial charge in [0.15, 0.2) is 0 Å². The maximum Gasteiger partial charge on any atom is 0.355 e. The lowest BCUT2D eigenvalue weighted by Crippen LogP contribution is -2.61. The van der Waals surface area contributed by atoms with E-state index in [1.807, 2.05) is 18.2 Å². The summed E-state index contributed by atoms with van der Waals surface area (Å²) in [4.78, 5) is 40.3. The van der Waals surface area contributed by atoms with Crippen LogP contribution < -0.4 is 4.90 Å². The third-order valence-electron chi connectivity index (χ3n) is 5.77. The molecule has 1 aromatic carbocycles. The predicted octanol–water partition coefficient (Wildman–Crippen LogP) is 1.26. The van der Waals surface area contributed by atoms with Crippen molar-refractivity contribution in [2.24, 2.45) is 5.92 Å². The summed E-state index contributed by atoms with van der Waals surface area (Å²) in [5.74, 6) is -1.36. The molecule has 1 fully saturated rings. The lowest BCUT2D eigenvalue weighted by atomic mass is 9.82. The molecule has 3 heterocycles. The lowest BCUT2D eigenvalue weighted by Gasteiger charge is -2.44. The maximum absolute atomic E-state index is 12.7. The molecule has 3 atom stereocenters. The second-order valence-corrected chi connectivity index (χ2v) is 7.43. The Morgan fingerprint density at radius 2 is 2.18 bits per heavy atom. The first-order chi connectivity index (χ1) is 13.3. The van der Waals surface area contributed by atoms with Crippen LogP contribution in [0.4, 0.5) is 5.69 Å². The number of nitrogens with zero attached hydrogens (tertiary/aromatic N) is 2. The number of fused-ring (bicyclic) bond motifs is 2. The van der Waals surface area contributed by atoms with E-state index in [4.69, 9.17) is 4.74 Å². The highest BCUT2D eigenvalue weighted by Gasteiger charge is 2.57. The molecular formula is C21H22N2O5. The summed E-state index contributed by atoms with van der Waals surface area (Å²) in [5.41, 5.74) is 3.44. The van der Waals surface area contributed by atoms with Crippen LogP contribution in [0.15, 0.2) is 36.6 Å². The van der Waals surface area contributed by atoms with Gasteiger partial charge in [-0.1, -0.05) is 24.8 Å². The Kier molecular flexibility index (Phi) is 4.34. The summed E-state index contributed by atoms with van der Waals surface area (Å²) in [6, 6.07) is 5.37. The molecule has 146 valence electrons. The molecular weight excluding hydrogens is 360 g/mol. The molecule has 0 unspecified atom stereocenters. The number of ether oxygens (including phenoxy) is 1. The molecule has 3 aliphatic heterocycles. The quantitative estimate of drug-likeness (QED) is 0.471. The second kappa shape index (κ2) is 6.60. The standard InChI is InChI=1S/C21H22N2O5/c1-4-7-28-21(27)19-14(10-16-18(11(2)24)20(26)23(16)19)12-5-6-13-9-17(25)22(3)15(13)8-12/h4-6,8,11,16,18,24H,1,7,9-10H2,2-3H3/t11-,16-,18-/m1/s1. The predicted molar refractivity (Wildman–Crippen MR) is 102 cm³/mol. The largest absolute Gasteiger partial charge is 0.457 e. The number of likely N-dealkylation sites (N-methyl/N-ethyl adjacent to an activating group) is 1. The van der Waals surface area contributed by atoms with Crippen molar-refractivity contribution >= 4 is 29.0 Å². The molecule has 0 saturated carbocycles. The molecule has 0 radical (unpaired) electrons. The van der Waals surface area contributed by atoms with Crippen molar-refractivity contribution in [3.8, 4) is 0 Å². The van der Waals surface area contributed by atoms with Crippen molar-refractivity contribution in [1.82, 2.24) is 4.90 Å². The first kappa shape index (κ1) is 18.4. The Bertz CT molecular complexity index is 933. The average Bonchev–Trinajstić information content (AvgIpc) is 3.14. The SMILES string of the molecule is C=CCOC(=O)C1=C(c2ccc3c(c2)N(C)C(=O)C3)C[C@@H]2[C@@H]([C@@H](C)O)C(=O)N12. The van der Waals surface area contributed by atoms with Gasteiger partial charge in [-0.15, -0.1) is 0 Å². The molecule has 0 bridgehead atoms. The molecule has 7 heteroatoms. The molecule has 28 heavy (non-hydrogen) atoms. The summed E-state index contributed by atoms with van der Waals surface area (Å²) < 4.78 is 5.22. The summed E-state index contributed by atoms with van der Waals surface area (Å²) in [7, 11) is 1.72. The van der Waals surface area contributed by atoms with Gasteiger partial charge in [0.25, 0.3) is 0 Å². The fourth-order valence-electron chi connectivity index (χ4n) is 4.35. The number of amides is 2. The molecule has 0 aromatic heterocycles. The molecule has 4 rings (SSSR count). The maximum atomic E-state index is 12.7. The van der Waals surface area contributed by atoms with Crippen LogP contribution in [0, 0.1) is 5.92 Å². The van der Waals surface area contributed by atoms with Gasteiger partial charge in [-0.3, -0.25) is 9.59 Å². The number of hydrogen-bond acceptors (Lipinski definition) is 5. The summed E-state index contributed by atoms with van der Waals surface area (Å²) in [6.07, 6.45) is 1.49. The topological polar surface area (TPSA) is 87.1 Å². The first-order valence-corrected chi connectivity index (χ1v) is 9.27. The van der Waals surface area contributed by atoms with Crippen LogP contribution in [0.1, 0.15) is 24.5 Å². The van der Waals surface area contributed by atoms with Crippen LogP contribution in [-0.4, -0.2) is 53.6 Å². The lowest BCUT2D eigenvalue weighted by molar-refractivity contribution is -0.162. The number of carbonyl (C=O) groups excluding carboxylic acids is 3. The number of aliphatic hydroxyl groups excluding tert-OH is 1. The summed E-state index contributed by atoms with van der Waals surface area (Å²) >= 11 is 0. The molecule has 2 amide bonds. The van der Waals surface area contributed by atoms with E-state index in [0.29, 0.717) is 18.4 Å². The number of anilines is 1. The smallest absolute Gasteiger partial charge is 0.355 e. The van der Waals surface area contributed by atoms with Crippen LogP contribution >= 0.6 is 0 Å². The van der Waals surface area contributed by atoms with Crippen molar-refractivity contribution < 1.29 is 24.2 Å². The monoisotopic (exact) mass is 382 g/mol. The van der Waals surface area contributed by atoms with E-state index in [9.17, 15) is 19.5 Å². The van der Waals surface area contributed by atoms with E-state index in [1.165, 1.54) is 11.0 Å². The zero-order chi connectivity index (χ0) is 20.2. The molecule has 7 nitrogen and oxygen atoms in total. The summed E-state index contributed by atoms with van der Waals surface area (Å²) in [6.45, 7) is 5.18. The van der Waals surface area contributed by atoms with Gasteiger partial charge in [-0.25, -0.2) is 4.79 Å². The Morgan fingerprint density at radius 3 is 2.86 bits per heavy atom. The molecule has 0 aliphatic carbocycles. The Hall–Kier alpha value is -2.93. The van der Waals surface area contributed by atoms with Gasteiger partial charge in [0.1, 0.15) is 12.3 Å². The van der Waals surface area contributed by atoms with Gasteiger partial charge in [0, 0.05) is 12.7 Å². The molecule has 1 saturated heterocycles. The van der Waals surface area contributed by atoms with E-state index >= 15 is 0 Å². The van der Waals surface area contributed by atoms with Crippen molar-refractivity contribution in [2.75, 3.05) is 18.6 Å². The van der Waals surface area contributed by atoms with Crippen LogP contribution in [0.5, 0.6) is 0 Å². The number of aliphatic hydroxyl groups is 1. The van der Waals surface area contributed by atoms with Crippen molar-refractivity contribution in [1.29, 1.82) is 0 Å². The van der Waals surface area contributed by atoms with E-state index in [2.05, 4.69) is 6.58 Å². The van der Waals surface area contributed by atoms with Crippen molar-refractivity contribution in [3.63, 3.8) is 0 Å². The van der Waals surface area contributed by atoms with Crippen molar-refractivity contribution in [3.05, 3.63) is 47.7 Å². The minimum Gasteiger partial charge on any atom is -0.457 e. The van der Waals surface area contributed by atoms with Gasteiger partial charge < -0.3 is 19.6 Å². The highest BCUT2D eigenvalue weighted by molar-refractivity contribution is 6.07. The molecule has 3 aliphatic rings. The number of carbonyl (C=O) groups is 3. The zero-order valence-corrected chi connectivity index (χ0v) is 15.8. The van der Waals surface area contributed by atoms with Crippen molar-refractivity contribution in [2.45, 2.75) is 31.9 Å². The highest BCUT2D eigenvalue weighted by atomic mass is 16.5. The van der Waals surface area contributed by atoms with Crippen LogP contribution in [-0.2, 0) is 25.5 Å². The Balaban J connectivity index is 1.76. The first-order valence-electron chi connectivity index (χ1n) is 9.27. The van der Waals surface area contributed by atoms with Gasteiger partial charge in [0.05, 0.1) is 24.5 Å².